The first-order valence-corrected chi connectivity index (χ1v) is 13.1. The third-order valence-electron chi connectivity index (χ3n) is 9.06. The summed E-state index contributed by atoms with van der Waals surface area (Å²) < 4.78 is 42.1. The van der Waals surface area contributed by atoms with Gasteiger partial charge in [-0.15, -0.1) is 0 Å². The van der Waals surface area contributed by atoms with Crippen LogP contribution in [0.5, 0.6) is 0 Å². The van der Waals surface area contributed by atoms with Gasteiger partial charge < -0.3 is 9.47 Å². The van der Waals surface area contributed by atoms with Crippen LogP contribution in [0.1, 0.15) is 99.8 Å². The Kier molecular flexibility index (Phi) is 7.56. The van der Waals surface area contributed by atoms with Crippen LogP contribution in [0.25, 0.3) is 0 Å². The van der Waals surface area contributed by atoms with E-state index < -0.39 is 35.0 Å². The highest BCUT2D eigenvalue weighted by atomic mass is 19.3. The quantitative estimate of drug-likeness (QED) is 0.330. The summed E-state index contributed by atoms with van der Waals surface area (Å²) in [7, 11) is 0. The minimum atomic E-state index is -3.87. The molecule has 0 aromatic carbocycles. The normalized spacial score (nSPS) is 33.8. The highest BCUT2D eigenvalue weighted by Crippen LogP contribution is 2.61. The predicted octanol–water partition coefficient (Wildman–Crippen LogP) is 6.80. The number of carbonyl (C=O) groups is 2. The van der Waals surface area contributed by atoms with Gasteiger partial charge in [-0.1, -0.05) is 41.5 Å². The van der Waals surface area contributed by atoms with Crippen LogP contribution in [0.3, 0.4) is 0 Å². The second kappa shape index (κ2) is 9.45. The van der Waals surface area contributed by atoms with Crippen molar-refractivity contribution in [3.63, 3.8) is 0 Å². The van der Waals surface area contributed by atoms with Gasteiger partial charge in [-0.05, 0) is 87.9 Å². The predicted molar refractivity (Wildman–Crippen MR) is 124 cm³/mol. The van der Waals surface area contributed by atoms with Crippen molar-refractivity contribution in [1.82, 2.24) is 0 Å². The Labute approximate surface area is 198 Å². The molecule has 0 aliphatic heterocycles. The van der Waals surface area contributed by atoms with Gasteiger partial charge in [0.2, 0.25) is 0 Å². The van der Waals surface area contributed by atoms with E-state index in [1.807, 2.05) is 27.7 Å². The fourth-order valence-corrected chi connectivity index (χ4v) is 7.40. The SMILES string of the molecule is CCC1C2CC3CC(C2)CC1(OC(=O)C(F)(F)C(CC)OC(=O)C(C)(CC(C)C)C(C)C)C3. The zero-order valence-electron chi connectivity index (χ0n) is 21.6. The average Bonchev–Trinajstić information content (AvgIpc) is 2.69. The van der Waals surface area contributed by atoms with Crippen molar-refractivity contribution >= 4 is 11.9 Å². The summed E-state index contributed by atoms with van der Waals surface area (Å²) in [6.45, 7) is 13.1. The first-order chi connectivity index (χ1) is 15.3. The highest BCUT2D eigenvalue weighted by molar-refractivity contribution is 5.81. The van der Waals surface area contributed by atoms with Crippen LogP contribution in [-0.2, 0) is 19.1 Å². The summed E-state index contributed by atoms with van der Waals surface area (Å²) in [5.74, 6) is -4.39. The van der Waals surface area contributed by atoms with Gasteiger partial charge >= 0.3 is 17.9 Å². The van der Waals surface area contributed by atoms with Crippen molar-refractivity contribution in [2.45, 2.75) is 117 Å². The minimum Gasteiger partial charge on any atom is -0.455 e. The zero-order valence-corrected chi connectivity index (χ0v) is 21.6. The number of esters is 2. The molecule has 33 heavy (non-hydrogen) atoms. The van der Waals surface area contributed by atoms with Crippen LogP contribution in [0.4, 0.5) is 8.78 Å². The molecule has 6 heteroatoms. The Morgan fingerprint density at radius 3 is 2.03 bits per heavy atom. The number of carbonyl (C=O) groups excluding carboxylic acids is 2. The Balaban J connectivity index is 1.77. The summed E-state index contributed by atoms with van der Waals surface area (Å²) in [6.07, 6.45) is 4.15. The Morgan fingerprint density at radius 1 is 1.00 bits per heavy atom. The molecule has 4 saturated carbocycles. The largest absolute Gasteiger partial charge is 0.455 e. The third-order valence-corrected chi connectivity index (χ3v) is 9.06. The van der Waals surface area contributed by atoms with Crippen LogP contribution in [-0.4, -0.2) is 29.6 Å². The third kappa shape index (κ3) is 4.82. The molecule has 4 aliphatic rings. The molecule has 0 N–H and O–H groups in total. The maximum Gasteiger partial charge on any atom is 0.381 e. The van der Waals surface area contributed by atoms with E-state index in [2.05, 4.69) is 6.92 Å². The topological polar surface area (TPSA) is 52.6 Å². The summed E-state index contributed by atoms with van der Waals surface area (Å²) in [6, 6.07) is 0. The molecular formula is C27H44F2O4. The Morgan fingerprint density at radius 2 is 1.58 bits per heavy atom. The number of ether oxygens (including phenoxy) is 2. The lowest BCUT2D eigenvalue weighted by Gasteiger charge is -2.60. The highest BCUT2D eigenvalue weighted by Gasteiger charge is 2.61. The summed E-state index contributed by atoms with van der Waals surface area (Å²) in [4.78, 5) is 26.1. The number of halogens is 2. The Bertz CT molecular complexity index is 720. The molecular weight excluding hydrogens is 426 g/mol. The first-order valence-electron chi connectivity index (χ1n) is 13.1. The van der Waals surface area contributed by atoms with Gasteiger partial charge in [-0.2, -0.15) is 8.78 Å². The molecule has 0 aromatic rings. The van der Waals surface area contributed by atoms with E-state index in [1.54, 1.807) is 6.92 Å². The molecule has 0 spiro atoms. The van der Waals surface area contributed by atoms with Crippen LogP contribution < -0.4 is 0 Å². The minimum absolute atomic E-state index is 0.0807. The number of hydrogen-bond donors (Lipinski definition) is 0. The monoisotopic (exact) mass is 470 g/mol. The molecule has 0 amide bonds. The van der Waals surface area contributed by atoms with Gasteiger partial charge in [0.05, 0.1) is 5.41 Å². The van der Waals surface area contributed by atoms with Crippen LogP contribution in [0.2, 0.25) is 0 Å². The number of alkyl halides is 2. The molecule has 5 unspecified atom stereocenters. The number of rotatable bonds is 10. The molecule has 4 nitrogen and oxygen atoms in total. The van der Waals surface area contributed by atoms with E-state index in [0.717, 1.165) is 25.7 Å². The smallest absolute Gasteiger partial charge is 0.381 e. The van der Waals surface area contributed by atoms with Crippen LogP contribution >= 0.6 is 0 Å². The fourth-order valence-electron chi connectivity index (χ4n) is 7.40. The Hall–Kier alpha value is -1.20. The maximum absolute atomic E-state index is 15.5. The molecule has 0 heterocycles. The molecule has 5 atom stereocenters. The van der Waals surface area contributed by atoms with E-state index in [9.17, 15) is 9.59 Å². The van der Waals surface area contributed by atoms with Crippen molar-refractivity contribution in [3.8, 4) is 0 Å². The van der Waals surface area contributed by atoms with Gasteiger partial charge in [0.1, 0.15) is 5.60 Å². The van der Waals surface area contributed by atoms with Gasteiger partial charge in [-0.3, -0.25) is 4.79 Å². The van der Waals surface area contributed by atoms with Gasteiger partial charge in [-0.25, -0.2) is 4.79 Å². The van der Waals surface area contributed by atoms with Crippen LogP contribution in [0.15, 0.2) is 0 Å². The number of hydrogen-bond acceptors (Lipinski definition) is 4. The second-order valence-electron chi connectivity index (χ2n) is 12.2. The lowest BCUT2D eigenvalue weighted by atomic mass is 9.49. The lowest BCUT2D eigenvalue weighted by molar-refractivity contribution is -0.239. The van der Waals surface area contributed by atoms with Gasteiger partial charge in [0.25, 0.3) is 0 Å². The second-order valence-corrected chi connectivity index (χ2v) is 12.2. The van der Waals surface area contributed by atoms with Crippen molar-refractivity contribution in [1.29, 1.82) is 0 Å². The van der Waals surface area contributed by atoms with Crippen molar-refractivity contribution < 1.29 is 27.8 Å². The molecule has 4 aliphatic carbocycles. The summed E-state index contributed by atoms with van der Waals surface area (Å²) in [5, 5.41) is 0. The molecule has 0 saturated heterocycles. The van der Waals surface area contributed by atoms with E-state index in [-0.39, 0.29) is 24.2 Å². The zero-order chi connectivity index (χ0) is 24.8. The molecule has 0 aromatic heterocycles. The fraction of sp³-hybridized carbons (Fsp3) is 0.926. The molecule has 190 valence electrons. The summed E-state index contributed by atoms with van der Waals surface area (Å²) in [5.41, 5.74) is -1.68. The summed E-state index contributed by atoms with van der Waals surface area (Å²) >= 11 is 0. The van der Waals surface area contributed by atoms with Crippen LogP contribution in [0, 0.1) is 40.9 Å². The average molecular weight is 471 g/mol. The standard InChI is InChI=1S/C27H44F2O4/c1-8-21-20-11-18-10-19(12-20)15-26(21,14-18)33-24(31)27(28,29)22(9-2)32-23(30)25(7,17(5)6)13-16(3)4/h16-22H,8-15H2,1-7H3. The van der Waals surface area contributed by atoms with Gasteiger partial charge in [0.15, 0.2) is 6.10 Å². The first kappa shape index (κ1) is 26.4. The van der Waals surface area contributed by atoms with E-state index in [4.69, 9.17) is 9.47 Å². The lowest BCUT2D eigenvalue weighted by Crippen LogP contribution is -2.61. The molecule has 4 bridgehead atoms. The van der Waals surface area contributed by atoms with E-state index in [1.165, 1.54) is 6.92 Å². The van der Waals surface area contributed by atoms with Gasteiger partial charge in [0, 0.05) is 5.92 Å². The van der Waals surface area contributed by atoms with Crippen molar-refractivity contribution in [3.05, 3.63) is 0 Å². The molecule has 4 rings (SSSR count). The van der Waals surface area contributed by atoms with E-state index in [0.29, 0.717) is 37.0 Å². The van der Waals surface area contributed by atoms with Crippen molar-refractivity contribution in [2.75, 3.05) is 0 Å². The van der Waals surface area contributed by atoms with E-state index >= 15 is 8.78 Å². The molecule has 0 radical (unpaired) electrons. The maximum atomic E-state index is 15.5. The van der Waals surface area contributed by atoms with Crippen molar-refractivity contribution in [2.24, 2.45) is 40.9 Å². The molecule has 4 fully saturated rings.